The van der Waals surface area contributed by atoms with E-state index in [1.165, 1.54) is 0 Å². The largest absolute Gasteiger partial charge is 0.494 e. The number of rotatable bonds is 5. The molecule has 2 aromatic rings. The van der Waals surface area contributed by atoms with Gasteiger partial charge >= 0.3 is 0 Å². The molecule has 1 heterocycles. The first-order valence-electron chi connectivity index (χ1n) is 5.80. The summed E-state index contributed by atoms with van der Waals surface area (Å²) in [6.07, 6.45) is 1.36. The molecular weight excluding hydrogens is 230 g/mol. The first-order valence-corrected chi connectivity index (χ1v) is 5.80. The maximum absolute atomic E-state index is 10.8. The van der Waals surface area contributed by atoms with Gasteiger partial charge in [0.15, 0.2) is 6.29 Å². The van der Waals surface area contributed by atoms with Crippen LogP contribution in [-0.4, -0.2) is 27.9 Å². The van der Waals surface area contributed by atoms with Crippen molar-refractivity contribution in [2.45, 2.75) is 13.3 Å². The summed E-state index contributed by atoms with van der Waals surface area (Å²) < 4.78 is 7.00. The normalized spacial score (nSPS) is 10.3. The number of aldehydes is 1. The minimum Gasteiger partial charge on any atom is -0.494 e. The quantitative estimate of drug-likeness (QED) is 0.751. The van der Waals surface area contributed by atoms with Crippen molar-refractivity contribution in [1.82, 2.24) is 15.0 Å². The Morgan fingerprint density at radius 1 is 1.33 bits per heavy atom. The van der Waals surface area contributed by atoms with Crippen molar-refractivity contribution in [3.05, 3.63) is 41.2 Å². The van der Waals surface area contributed by atoms with Gasteiger partial charge in [-0.05, 0) is 24.6 Å². The number of nitrogens with zero attached hydrogens (tertiary/aromatic N) is 3. The van der Waals surface area contributed by atoms with Gasteiger partial charge in [0.1, 0.15) is 11.4 Å². The van der Waals surface area contributed by atoms with Gasteiger partial charge in [0.25, 0.3) is 0 Å². The smallest absolute Gasteiger partial charge is 0.172 e. The van der Waals surface area contributed by atoms with Gasteiger partial charge in [-0.3, -0.25) is 9.48 Å². The average molecular weight is 245 g/mol. The number of ether oxygens (including phenoxy) is 1. The molecule has 2 rings (SSSR count). The molecule has 94 valence electrons. The summed E-state index contributed by atoms with van der Waals surface area (Å²) in [5.41, 5.74) is 2.30. The third kappa shape index (κ3) is 2.56. The Morgan fingerprint density at radius 3 is 2.67 bits per heavy atom. The average Bonchev–Trinajstić information content (AvgIpc) is 2.73. The van der Waals surface area contributed by atoms with Crippen LogP contribution in [0.5, 0.6) is 5.75 Å². The van der Waals surface area contributed by atoms with Gasteiger partial charge in [-0.2, -0.15) is 0 Å². The van der Waals surface area contributed by atoms with Crippen molar-refractivity contribution in [2.24, 2.45) is 7.05 Å². The Bertz CT molecular complexity index is 532. The van der Waals surface area contributed by atoms with Crippen LogP contribution in [0.4, 0.5) is 0 Å². The highest BCUT2D eigenvalue weighted by Crippen LogP contribution is 2.15. The molecule has 18 heavy (non-hydrogen) atoms. The molecule has 1 aromatic carbocycles. The molecule has 1 aromatic heterocycles. The highest BCUT2D eigenvalue weighted by Gasteiger charge is 2.10. The molecule has 0 aliphatic heterocycles. The van der Waals surface area contributed by atoms with Gasteiger partial charge in [-0.25, -0.2) is 0 Å². The van der Waals surface area contributed by atoms with E-state index in [1.54, 1.807) is 11.7 Å². The van der Waals surface area contributed by atoms with Gasteiger partial charge < -0.3 is 4.74 Å². The summed E-state index contributed by atoms with van der Waals surface area (Å²) in [7, 11) is 1.78. The number of benzene rings is 1. The fourth-order valence-electron chi connectivity index (χ4n) is 1.75. The van der Waals surface area contributed by atoms with Gasteiger partial charge in [-0.1, -0.05) is 17.3 Å². The topological polar surface area (TPSA) is 57.0 Å². The third-order valence-electron chi connectivity index (χ3n) is 2.69. The van der Waals surface area contributed by atoms with E-state index in [0.29, 0.717) is 18.7 Å². The van der Waals surface area contributed by atoms with E-state index in [9.17, 15) is 4.79 Å². The van der Waals surface area contributed by atoms with Crippen LogP contribution in [0.15, 0.2) is 24.3 Å². The summed E-state index contributed by atoms with van der Waals surface area (Å²) >= 11 is 0. The maximum atomic E-state index is 10.8. The molecule has 0 spiro atoms. The van der Waals surface area contributed by atoms with E-state index in [4.69, 9.17) is 4.74 Å². The zero-order valence-corrected chi connectivity index (χ0v) is 10.5. The maximum Gasteiger partial charge on any atom is 0.172 e. The molecule has 5 nitrogen and oxygen atoms in total. The fourth-order valence-corrected chi connectivity index (χ4v) is 1.75. The highest BCUT2D eigenvalue weighted by atomic mass is 16.5. The summed E-state index contributed by atoms with van der Waals surface area (Å²) in [6, 6.07) is 7.80. The minimum atomic E-state index is 0.395. The number of carbonyl (C=O) groups is 1. The molecule has 0 saturated carbocycles. The standard InChI is InChI=1S/C13H15N3O2/c1-3-18-11-6-4-10(5-7-11)8-13-12(9-17)14-15-16(13)2/h4-7,9H,3,8H2,1-2H3. The summed E-state index contributed by atoms with van der Waals surface area (Å²) in [5, 5.41) is 7.64. The first-order chi connectivity index (χ1) is 8.74. The van der Waals surface area contributed by atoms with E-state index in [0.717, 1.165) is 23.3 Å². The molecule has 0 saturated heterocycles. The van der Waals surface area contributed by atoms with Crippen LogP contribution < -0.4 is 4.74 Å². The van der Waals surface area contributed by atoms with Crippen LogP contribution in [0, 0.1) is 0 Å². The Balaban J connectivity index is 2.18. The van der Waals surface area contributed by atoms with Crippen LogP contribution in [0.3, 0.4) is 0 Å². The van der Waals surface area contributed by atoms with Gasteiger partial charge in [0.2, 0.25) is 0 Å². The number of carbonyl (C=O) groups excluding carboxylic acids is 1. The van der Waals surface area contributed by atoms with Crippen molar-refractivity contribution >= 4 is 6.29 Å². The second-order valence-electron chi connectivity index (χ2n) is 3.92. The highest BCUT2D eigenvalue weighted by molar-refractivity contribution is 5.73. The first kappa shape index (κ1) is 12.3. The molecule has 0 aliphatic rings. The molecule has 5 heteroatoms. The van der Waals surface area contributed by atoms with E-state index in [2.05, 4.69) is 10.3 Å². The Morgan fingerprint density at radius 2 is 2.06 bits per heavy atom. The minimum absolute atomic E-state index is 0.395. The van der Waals surface area contributed by atoms with Crippen LogP contribution in [-0.2, 0) is 13.5 Å². The van der Waals surface area contributed by atoms with E-state index in [-0.39, 0.29) is 0 Å². The van der Waals surface area contributed by atoms with Crippen molar-refractivity contribution in [3.63, 3.8) is 0 Å². The summed E-state index contributed by atoms with van der Waals surface area (Å²) in [4.78, 5) is 10.8. The molecule has 0 atom stereocenters. The molecule has 0 unspecified atom stereocenters. The zero-order valence-electron chi connectivity index (χ0n) is 10.5. The number of aryl methyl sites for hydroxylation is 1. The lowest BCUT2D eigenvalue weighted by Crippen LogP contribution is -2.01. The van der Waals surface area contributed by atoms with Crippen molar-refractivity contribution in [1.29, 1.82) is 0 Å². The van der Waals surface area contributed by atoms with Crippen LogP contribution in [0.2, 0.25) is 0 Å². The van der Waals surface area contributed by atoms with Gasteiger partial charge in [0, 0.05) is 13.5 Å². The molecule has 0 bridgehead atoms. The molecule has 0 amide bonds. The predicted octanol–water partition coefficient (Wildman–Crippen LogP) is 1.62. The molecule has 0 fully saturated rings. The Hall–Kier alpha value is -2.17. The third-order valence-corrected chi connectivity index (χ3v) is 2.69. The fraction of sp³-hybridized carbons (Fsp3) is 0.308. The van der Waals surface area contributed by atoms with E-state index < -0.39 is 0 Å². The van der Waals surface area contributed by atoms with Crippen molar-refractivity contribution in [3.8, 4) is 5.75 Å². The number of hydrogen-bond donors (Lipinski definition) is 0. The van der Waals surface area contributed by atoms with Gasteiger partial charge in [0.05, 0.1) is 12.3 Å². The molecular formula is C13H15N3O2. The zero-order chi connectivity index (χ0) is 13.0. The van der Waals surface area contributed by atoms with Crippen LogP contribution in [0.1, 0.15) is 28.7 Å². The number of hydrogen-bond acceptors (Lipinski definition) is 4. The number of aromatic nitrogens is 3. The van der Waals surface area contributed by atoms with Crippen LogP contribution in [0.25, 0.3) is 0 Å². The predicted molar refractivity (Wildman–Crippen MR) is 66.8 cm³/mol. The molecule has 0 aliphatic carbocycles. The molecule has 0 N–H and O–H groups in total. The summed E-state index contributed by atoms with van der Waals surface area (Å²) in [5.74, 6) is 0.847. The van der Waals surface area contributed by atoms with Crippen molar-refractivity contribution in [2.75, 3.05) is 6.61 Å². The second kappa shape index (κ2) is 5.44. The van der Waals surface area contributed by atoms with E-state index >= 15 is 0 Å². The molecule has 0 radical (unpaired) electrons. The van der Waals surface area contributed by atoms with Crippen molar-refractivity contribution < 1.29 is 9.53 Å². The van der Waals surface area contributed by atoms with Gasteiger partial charge in [-0.15, -0.1) is 5.10 Å². The SMILES string of the molecule is CCOc1ccc(Cc2c(C=O)nnn2C)cc1. The van der Waals surface area contributed by atoms with Crippen LogP contribution >= 0.6 is 0 Å². The second-order valence-corrected chi connectivity index (χ2v) is 3.92. The Kier molecular flexibility index (Phi) is 3.72. The lowest BCUT2D eigenvalue weighted by molar-refractivity contribution is 0.111. The van der Waals surface area contributed by atoms with E-state index in [1.807, 2.05) is 31.2 Å². The lowest BCUT2D eigenvalue weighted by atomic mass is 10.1. The Labute approximate surface area is 105 Å². The lowest BCUT2D eigenvalue weighted by Gasteiger charge is -2.05. The monoisotopic (exact) mass is 245 g/mol. The summed E-state index contributed by atoms with van der Waals surface area (Å²) in [6.45, 7) is 2.60.